The summed E-state index contributed by atoms with van der Waals surface area (Å²) in [7, 11) is 0. The normalized spacial score (nSPS) is 10.5. The second-order valence-corrected chi connectivity index (χ2v) is 3.59. The fourth-order valence-electron chi connectivity index (χ4n) is 1.07. The molecule has 72 valence electrons. The second-order valence-electron chi connectivity index (χ2n) is 2.68. The van der Waals surface area contributed by atoms with Gasteiger partial charge in [0.2, 0.25) is 0 Å². The van der Waals surface area contributed by atoms with Crippen LogP contribution in [0.15, 0.2) is 16.6 Å². The monoisotopic (exact) mass is 250 g/mol. The van der Waals surface area contributed by atoms with Crippen LogP contribution in [0.4, 0.5) is 8.78 Å². The molecule has 1 N–H and O–H groups in total. The lowest BCUT2D eigenvalue weighted by Crippen LogP contribution is -1.97. The Hall–Kier alpha value is -0.480. The summed E-state index contributed by atoms with van der Waals surface area (Å²) in [6.45, 7) is -0.0606. The van der Waals surface area contributed by atoms with Crippen molar-refractivity contribution in [2.24, 2.45) is 0 Å². The van der Waals surface area contributed by atoms with Gasteiger partial charge in [-0.25, -0.2) is 8.78 Å². The van der Waals surface area contributed by atoms with Gasteiger partial charge in [-0.2, -0.15) is 0 Å². The first-order valence-corrected chi connectivity index (χ1v) is 4.68. The Labute approximate surface area is 83.5 Å². The van der Waals surface area contributed by atoms with E-state index in [9.17, 15) is 8.78 Å². The molecule has 1 nitrogen and oxygen atoms in total. The molecule has 0 unspecified atom stereocenters. The molecular weight excluding hydrogens is 242 g/mol. The van der Waals surface area contributed by atoms with E-state index in [2.05, 4.69) is 15.9 Å². The van der Waals surface area contributed by atoms with E-state index in [4.69, 9.17) is 5.11 Å². The zero-order valence-corrected chi connectivity index (χ0v) is 8.44. The summed E-state index contributed by atoms with van der Waals surface area (Å²) in [5.74, 6) is -1.14. The molecule has 0 spiro atoms. The van der Waals surface area contributed by atoms with Crippen LogP contribution in [0.2, 0.25) is 0 Å². The number of halogens is 3. The summed E-state index contributed by atoms with van der Waals surface area (Å²) in [4.78, 5) is 0. The maximum Gasteiger partial charge on any atom is 0.130 e. The largest absolute Gasteiger partial charge is 0.396 e. The summed E-state index contributed by atoms with van der Waals surface area (Å²) in [5, 5.41) is 8.51. The Bertz CT molecular complexity index is 279. The lowest BCUT2D eigenvalue weighted by molar-refractivity contribution is 0.287. The minimum Gasteiger partial charge on any atom is -0.396 e. The molecule has 1 aromatic rings. The van der Waals surface area contributed by atoms with Crippen LogP contribution in [-0.4, -0.2) is 11.7 Å². The van der Waals surface area contributed by atoms with Gasteiger partial charge in [0.25, 0.3) is 0 Å². The molecule has 0 amide bonds. The average Bonchev–Trinajstić information content (AvgIpc) is 2.02. The van der Waals surface area contributed by atoms with Gasteiger partial charge in [0.05, 0.1) is 0 Å². The van der Waals surface area contributed by atoms with E-state index in [1.54, 1.807) is 0 Å². The summed E-state index contributed by atoms with van der Waals surface area (Å²) >= 11 is 2.99. The molecule has 0 aliphatic carbocycles. The molecule has 1 aromatic carbocycles. The third kappa shape index (κ3) is 2.74. The van der Waals surface area contributed by atoms with Gasteiger partial charge in [0.1, 0.15) is 11.6 Å². The minimum atomic E-state index is -0.569. The van der Waals surface area contributed by atoms with E-state index in [0.717, 1.165) is 0 Å². The molecule has 0 aromatic heterocycles. The average molecular weight is 251 g/mol. The Balaban J connectivity index is 2.92. The Morgan fingerprint density at radius 3 is 2.23 bits per heavy atom. The van der Waals surface area contributed by atoms with Crippen LogP contribution in [0.3, 0.4) is 0 Å². The Kier molecular flexibility index (Phi) is 3.81. The van der Waals surface area contributed by atoms with Gasteiger partial charge in [-0.15, -0.1) is 0 Å². The van der Waals surface area contributed by atoms with Crippen LogP contribution in [0.25, 0.3) is 0 Å². The number of hydrogen-bond acceptors (Lipinski definition) is 1. The summed E-state index contributed by atoms with van der Waals surface area (Å²) < 4.78 is 26.6. The Morgan fingerprint density at radius 2 is 1.77 bits per heavy atom. The lowest BCUT2D eigenvalue weighted by atomic mass is 10.1. The molecule has 0 saturated heterocycles. The first-order valence-electron chi connectivity index (χ1n) is 3.89. The third-order valence-electron chi connectivity index (χ3n) is 1.69. The van der Waals surface area contributed by atoms with Crippen molar-refractivity contribution in [1.82, 2.24) is 0 Å². The van der Waals surface area contributed by atoms with Gasteiger partial charge in [0, 0.05) is 16.6 Å². The molecule has 0 fully saturated rings. The summed E-state index contributed by atoms with van der Waals surface area (Å²) in [6, 6.07) is 2.44. The molecule has 0 aliphatic rings. The van der Waals surface area contributed by atoms with Crippen LogP contribution < -0.4 is 0 Å². The van der Waals surface area contributed by atoms with Crippen LogP contribution in [0, 0.1) is 11.6 Å². The number of aliphatic hydroxyl groups excluding tert-OH is 1. The fraction of sp³-hybridized carbons (Fsp3) is 0.333. The van der Waals surface area contributed by atoms with E-state index in [-0.39, 0.29) is 18.6 Å². The highest BCUT2D eigenvalue weighted by Gasteiger charge is 2.09. The van der Waals surface area contributed by atoms with Gasteiger partial charge in [-0.1, -0.05) is 15.9 Å². The highest BCUT2D eigenvalue weighted by Crippen LogP contribution is 2.20. The molecule has 0 atom stereocenters. The van der Waals surface area contributed by atoms with Crippen molar-refractivity contribution < 1.29 is 13.9 Å². The maximum atomic E-state index is 13.1. The highest BCUT2D eigenvalue weighted by molar-refractivity contribution is 9.10. The standard InChI is InChI=1S/C9H9BrF2O/c10-6-4-8(11)7(2-1-3-13)9(12)5-6/h4-5,13H,1-3H2. The van der Waals surface area contributed by atoms with E-state index in [0.29, 0.717) is 10.9 Å². The quantitative estimate of drug-likeness (QED) is 0.875. The van der Waals surface area contributed by atoms with Gasteiger partial charge in [0.15, 0.2) is 0 Å². The zero-order valence-electron chi connectivity index (χ0n) is 6.86. The predicted octanol–water partition coefficient (Wildman–Crippen LogP) is 2.65. The zero-order chi connectivity index (χ0) is 9.84. The van der Waals surface area contributed by atoms with Crippen LogP contribution >= 0.6 is 15.9 Å². The highest BCUT2D eigenvalue weighted by atomic mass is 79.9. The molecular formula is C9H9BrF2O. The van der Waals surface area contributed by atoms with Crippen LogP contribution in [0.5, 0.6) is 0 Å². The van der Waals surface area contributed by atoms with Gasteiger partial charge < -0.3 is 5.11 Å². The Morgan fingerprint density at radius 1 is 1.23 bits per heavy atom. The SMILES string of the molecule is OCCCc1c(F)cc(Br)cc1F. The molecule has 0 heterocycles. The first kappa shape index (κ1) is 10.6. The molecule has 0 bridgehead atoms. The van der Waals surface area contributed by atoms with Crippen LogP contribution in [-0.2, 0) is 6.42 Å². The smallest absolute Gasteiger partial charge is 0.130 e. The summed E-state index contributed by atoms with van der Waals surface area (Å²) in [5.41, 5.74) is 0.0391. The summed E-state index contributed by atoms with van der Waals surface area (Å²) in [6.07, 6.45) is 0.594. The number of benzene rings is 1. The van der Waals surface area contributed by atoms with E-state index < -0.39 is 11.6 Å². The minimum absolute atomic E-state index is 0.0391. The topological polar surface area (TPSA) is 20.2 Å². The fourth-order valence-corrected chi connectivity index (χ4v) is 1.47. The second kappa shape index (κ2) is 4.67. The van der Waals surface area contributed by atoms with Gasteiger partial charge >= 0.3 is 0 Å². The molecule has 0 saturated carbocycles. The van der Waals surface area contributed by atoms with Crippen molar-refractivity contribution in [3.63, 3.8) is 0 Å². The van der Waals surface area contributed by atoms with Crippen molar-refractivity contribution in [2.75, 3.05) is 6.61 Å². The van der Waals surface area contributed by atoms with Crippen molar-refractivity contribution in [3.8, 4) is 0 Å². The molecule has 1 rings (SSSR count). The third-order valence-corrected chi connectivity index (χ3v) is 2.15. The van der Waals surface area contributed by atoms with Gasteiger partial charge in [-0.3, -0.25) is 0 Å². The first-order chi connectivity index (χ1) is 6.15. The number of hydrogen-bond donors (Lipinski definition) is 1. The molecule has 0 aliphatic heterocycles. The van der Waals surface area contributed by atoms with Crippen molar-refractivity contribution in [3.05, 3.63) is 33.8 Å². The predicted molar refractivity (Wildman–Crippen MR) is 49.5 cm³/mol. The molecule has 4 heteroatoms. The number of aliphatic hydroxyl groups is 1. The van der Waals surface area contributed by atoms with E-state index in [1.165, 1.54) is 12.1 Å². The van der Waals surface area contributed by atoms with Crippen LogP contribution in [0.1, 0.15) is 12.0 Å². The van der Waals surface area contributed by atoms with Crippen molar-refractivity contribution in [1.29, 1.82) is 0 Å². The lowest BCUT2D eigenvalue weighted by Gasteiger charge is -2.04. The van der Waals surface area contributed by atoms with Crippen molar-refractivity contribution >= 4 is 15.9 Å². The van der Waals surface area contributed by atoms with Gasteiger partial charge in [-0.05, 0) is 25.0 Å². The van der Waals surface area contributed by atoms with Crippen molar-refractivity contribution in [2.45, 2.75) is 12.8 Å². The number of rotatable bonds is 3. The maximum absolute atomic E-state index is 13.1. The van der Waals surface area contributed by atoms with E-state index >= 15 is 0 Å². The molecule has 0 radical (unpaired) electrons. The molecule has 13 heavy (non-hydrogen) atoms. The van der Waals surface area contributed by atoms with E-state index in [1.807, 2.05) is 0 Å².